The van der Waals surface area contributed by atoms with Crippen molar-refractivity contribution >= 4 is 12.0 Å². The number of carboxylic acids is 1. The number of carbonyl (C=O) groups is 2. The van der Waals surface area contributed by atoms with Crippen molar-refractivity contribution in [2.45, 2.75) is 57.5 Å². The highest BCUT2D eigenvalue weighted by Gasteiger charge is 2.40. The van der Waals surface area contributed by atoms with Crippen LogP contribution < -0.4 is 10.6 Å². The summed E-state index contributed by atoms with van der Waals surface area (Å²) in [5.41, 5.74) is -1.15. The summed E-state index contributed by atoms with van der Waals surface area (Å²) >= 11 is 0. The van der Waals surface area contributed by atoms with E-state index in [0.717, 1.165) is 31.4 Å². The van der Waals surface area contributed by atoms with E-state index in [9.17, 15) is 14.7 Å². The summed E-state index contributed by atoms with van der Waals surface area (Å²) in [6.45, 7) is 2.09. The first-order chi connectivity index (χ1) is 10.1. The summed E-state index contributed by atoms with van der Waals surface area (Å²) in [6.07, 6.45) is 5.92. The van der Waals surface area contributed by atoms with Gasteiger partial charge in [0, 0.05) is 6.42 Å². The van der Waals surface area contributed by atoms with Gasteiger partial charge < -0.3 is 20.2 Å². The van der Waals surface area contributed by atoms with Gasteiger partial charge in [-0.1, -0.05) is 26.2 Å². The number of nitrogens with zero attached hydrogens (tertiary/aromatic N) is 1. The van der Waals surface area contributed by atoms with Gasteiger partial charge in [-0.2, -0.15) is 0 Å². The van der Waals surface area contributed by atoms with Crippen molar-refractivity contribution in [1.82, 2.24) is 15.6 Å². The molecule has 1 heterocycles. The average molecular weight is 295 g/mol. The quantitative estimate of drug-likeness (QED) is 0.768. The Morgan fingerprint density at radius 1 is 1.38 bits per heavy atom. The Morgan fingerprint density at radius 3 is 2.67 bits per heavy atom. The highest BCUT2D eigenvalue weighted by Crippen LogP contribution is 2.28. The molecule has 1 saturated carbocycles. The van der Waals surface area contributed by atoms with Crippen LogP contribution in [-0.4, -0.2) is 27.6 Å². The third-order valence-electron chi connectivity index (χ3n) is 3.82. The van der Waals surface area contributed by atoms with Crippen LogP contribution in [0.1, 0.15) is 50.7 Å². The molecule has 0 bridgehead atoms. The van der Waals surface area contributed by atoms with Gasteiger partial charge in [-0.15, -0.1) is 0 Å². The number of aromatic nitrogens is 1. The number of carbonyl (C=O) groups excluding carboxylic acids is 1. The Kier molecular flexibility index (Phi) is 4.82. The number of aliphatic carboxylic acids is 1. The molecule has 0 radical (unpaired) electrons. The zero-order valence-electron chi connectivity index (χ0n) is 12.1. The molecule has 0 saturated heterocycles. The lowest BCUT2D eigenvalue weighted by Gasteiger charge is -2.33. The summed E-state index contributed by atoms with van der Waals surface area (Å²) < 4.78 is 5.38. The van der Waals surface area contributed by atoms with Crippen LogP contribution in [0.25, 0.3) is 0 Å². The third-order valence-corrected chi connectivity index (χ3v) is 3.82. The third kappa shape index (κ3) is 3.74. The Morgan fingerprint density at radius 2 is 2.10 bits per heavy atom. The number of carboxylic acid groups (broad SMARTS) is 1. The highest BCUT2D eigenvalue weighted by molar-refractivity contribution is 5.86. The minimum atomic E-state index is -1.15. The van der Waals surface area contributed by atoms with Gasteiger partial charge in [0.15, 0.2) is 0 Å². The van der Waals surface area contributed by atoms with Crippen molar-refractivity contribution in [2.24, 2.45) is 0 Å². The van der Waals surface area contributed by atoms with Crippen molar-refractivity contribution in [3.05, 3.63) is 17.8 Å². The predicted octanol–water partition coefficient (Wildman–Crippen LogP) is 1.82. The summed E-state index contributed by atoms with van der Waals surface area (Å²) in [4.78, 5) is 27.4. The van der Waals surface area contributed by atoms with Gasteiger partial charge in [0.05, 0.1) is 12.7 Å². The fourth-order valence-electron chi connectivity index (χ4n) is 2.56. The first kappa shape index (κ1) is 15.3. The van der Waals surface area contributed by atoms with E-state index in [-0.39, 0.29) is 6.54 Å². The fourth-order valence-corrected chi connectivity index (χ4v) is 2.56. The van der Waals surface area contributed by atoms with Crippen molar-refractivity contribution in [3.63, 3.8) is 0 Å². The molecule has 1 aliphatic rings. The van der Waals surface area contributed by atoms with E-state index in [4.69, 9.17) is 4.42 Å². The van der Waals surface area contributed by atoms with Crippen molar-refractivity contribution in [2.75, 3.05) is 0 Å². The van der Waals surface area contributed by atoms with Crippen LogP contribution >= 0.6 is 0 Å². The van der Waals surface area contributed by atoms with Crippen LogP contribution in [0.4, 0.5) is 4.79 Å². The van der Waals surface area contributed by atoms with Gasteiger partial charge in [-0.25, -0.2) is 14.6 Å². The van der Waals surface area contributed by atoms with Crippen molar-refractivity contribution in [1.29, 1.82) is 0 Å². The molecular weight excluding hydrogens is 274 g/mol. The van der Waals surface area contributed by atoms with Gasteiger partial charge in [0.2, 0.25) is 5.89 Å². The lowest BCUT2D eigenvalue weighted by atomic mass is 9.82. The number of aryl methyl sites for hydroxylation is 1. The smallest absolute Gasteiger partial charge is 0.329 e. The van der Waals surface area contributed by atoms with Gasteiger partial charge in [-0.05, 0) is 12.8 Å². The molecule has 1 aromatic heterocycles. The molecule has 2 amide bonds. The van der Waals surface area contributed by atoms with Crippen molar-refractivity contribution in [3.8, 4) is 0 Å². The number of urea groups is 1. The van der Waals surface area contributed by atoms with E-state index in [1.165, 1.54) is 0 Å². The monoisotopic (exact) mass is 295 g/mol. The second-order valence-corrected chi connectivity index (χ2v) is 5.33. The molecule has 2 rings (SSSR count). The van der Waals surface area contributed by atoms with E-state index in [1.54, 1.807) is 6.20 Å². The zero-order chi connectivity index (χ0) is 15.3. The fraction of sp³-hybridized carbons (Fsp3) is 0.643. The number of hydrogen-bond donors (Lipinski definition) is 3. The Hall–Kier alpha value is -2.05. The van der Waals surface area contributed by atoms with Crippen LogP contribution in [0.5, 0.6) is 0 Å². The Labute approximate surface area is 123 Å². The van der Waals surface area contributed by atoms with Crippen LogP contribution in [0.2, 0.25) is 0 Å². The van der Waals surface area contributed by atoms with Crippen LogP contribution in [0.15, 0.2) is 10.6 Å². The minimum Gasteiger partial charge on any atom is -0.480 e. The van der Waals surface area contributed by atoms with E-state index in [2.05, 4.69) is 15.6 Å². The first-order valence-electron chi connectivity index (χ1n) is 7.29. The molecule has 0 atom stereocenters. The molecule has 1 aliphatic carbocycles. The van der Waals surface area contributed by atoms with E-state index >= 15 is 0 Å². The first-order valence-corrected chi connectivity index (χ1v) is 7.29. The Balaban J connectivity index is 1.89. The maximum Gasteiger partial charge on any atom is 0.329 e. The minimum absolute atomic E-state index is 0.140. The SMILES string of the molecule is CCc1cnc(CNC(=O)NC2(C(=O)O)CCCCC2)o1. The highest BCUT2D eigenvalue weighted by atomic mass is 16.4. The number of nitrogens with one attached hydrogen (secondary N) is 2. The largest absolute Gasteiger partial charge is 0.480 e. The predicted molar refractivity (Wildman–Crippen MR) is 74.7 cm³/mol. The number of hydrogen-bond acceptors (Lipinski definition) is 4. The second-order valence-electron chi connectivity index (χ2n) is 5.33. The molecular formula is C14H21N3O4. The molecule has 0 aliphatic heterocycles. The van der Waals surface area contributed by atoms with E-state index < -0.39 is 17.5 Å². The van der Waals surface area contributed by atoms with Gasteiger partial charge in [0.25, 0.3) is 0 Å². The molecule has 0 unspecified atom stereocenters. The molecule has 7 heteroatoms. The normalized spacial score (nSPS) is 17.2. The molecule has 1 fully saturated rings. The molecule has 0 aromatic carbocycles. The molecule has 7 nitrogen and oxygen atoms in total. The topological polar surface area (TPSA) is 104 Å². The molecule has 3 N–H and O–H groups in total. The number of oxazole rings is 1. The van der Waals surface area contributed by atoms with Gasteiger partial charge in [0.1, 0.15) is 11.3 Å². The lowest BCUT2D eigenvalue weighted by molar-refractivity contribution is -0.145. The molecule has 1 aromatic rings. The average Bonchev–Trinajstić information content (AvgIpc) is 2.94. The van der Waals surface area contributed by atoms with Crippen LogP contribution in [0.3, 0.4) is 0 Å². The number of amides is 2. The van der Waals surface area contributed by atoms with Gasteiger partial charge in [-0.3, -0.25) is 0 Å². The lowest BCUT2D eigenvalue weighted by Crippen LogP contribution is -2.57. The standard InChI is InChI=1S/C14H21N3O4/c1-2-10-8-15-11(21-10)9-16-13(20)17-14(12(18)19)6-4-3-5-7-14/h8H,2-7,9H2,1H3,(H,18,19)(H2,16,17,20). The van der Waals surface area contributed by atoms with Crippen LogP contribution in [-0.2, 0) is 17.8 Å². The number of rotatable bonds is 5. The van der Waals surface area contributed by atoms with Gasteiger partial charge >= 0.3 is 12.0 Å². The summed E-state index contributed by atoms with van der Waals surface area (Å²) in [5.74, 6) is 0.193. The van der Waals surface area contributed by atoms with E-state index in [1.807, 2.05) is 6.92 Å². The molecule has 21 heavy (non-hydrogen) atoms. The van der Waals surface area contributed by atoms with E-state index in [0.29, 0.717) is 18.7 Å². The molecule has 0 spiro atoms. The maximum atomic E-state index is 11.9. The molecule has 116 valence electrons. The summed E-state index contributed by atoms with van der Waals surface area (Å²) in [5, 5.41) is 14.6. The van der Waals surface area contributed by atoms with Crippen molar-refractivity contribution < 1.29 is 19.1 Å². The second kappa shape index (κ2) is 6.60. The summed E-state index contributed by atoms with van der Waals surface area (Å²) in [7, 11) is 0. The zero-order valence-corrected chi connectivity index (χ0v) is 12.1. The maximum absolute atomic E-state index is 11.9. The Bertz CT molecular complexity index is 506. The van der Waals surface area contributed by atoms with Crippen LogP contribution in [0, 0.1) is 0 Å². The summed E-state index contributed by atoms with van der Waals surface area (Å²) in [6, 6.07) is -0.504.